The Kier molecular flexibility index (Phi) is 4.12. The average molecular weight is 316 g/mol. The van der Waals surface area contributed by atoms with E-state index in [1.807, 2.05) is 5.43 Å². The summed E-state index contributed by atoms with van der Waals surface area (Å²) in [6, 6.07) is 4.72. The van der Waals surface area contributed by atoms with Crippen LogP contribution in [0.25, 0.3) is 5.69 Å². The van der Waals surface area contributed by atoms with Crippen LogP contribution in [0.3, 0.4) is 0 Å². The van der Waals surface area contributed by atoms with Gasteiger partial charge in [0.05, 0.1) is 5.69 Å². The van der Waals surface area contributed by atoms with E-state index in [0.717, 1.165) is 4.68 Å². The molecule has 20 heavy (non-hydrogen) atoms. The van der Waals surface area contributed by atoms with Gasteiger partial charge < -0.3 is 0 Å². The second-order valence-electron chi connectivity index (χ2n) is 4.02. The van der Waals surface area contributed by atoms with Crippen LogP contribution in [0.4, 0.5) is 0 Å². The minimum Gasteiger partial charge on any atom is -0.293 e. The third kappa shape index (κ3) is 2.84. The van der Waals surface area contributed by atoms with Crippen LogP contribution in [0.5, 0.6) is 0 Å². The SMILES string of the molecule is Cc1nn(CC(=O)NN)c(=O)n1-c1cc(Cl)cc(Cl)c1. The lowest BCUT2D eigenvalue weighted by molar-refractivity contribution is -0.121. The van der Waals surface area contributed by atoms with Crippen molar-refractivity contribution in [2.24, 2.45) is 5.84 Å². The predicted octanol–water partition coefficient (Wildman–Crippen LogP) is 0.639. The molecule has 0 unspecified atom stereocenters. The molecule has 9 heteroatoms. The maximum atomic E-state index is 12.2. The number of aromatic nitrogens is 3. The molecule has 1 aromatic heterocycles. The van der Waals surface area contributed by atoms with E-state index in [2.05, 4.69) is 5.10 Å². The Bertz CT molecular complexity index is 702. The smallest absolute Gasteiger partial charge is 0.293 e. The van der Waals surface area contributed by atoms with Crippen molar-refractivity contribution in [2.45, 2.75) is 13.5 Å². The lowest BCUT2D eigenvalue weighted by Crippen LogP contribution is -2.37. The van der Waals surface area contributed by atoms with Gasteiger partial charge in [0.15, 0.2) is 0 Å². The van der Waals surface area contributed by atoms with Crippen molar-refractivity contribution in [1.29, 1.82) is 0 Å². The fraction of sp³-hybridized carbons (Fsp3) is 0.182. The number of nitrogens with two attached hydrogens (primary N) is 1. The number of hydrazine groups is 1. The molecule has 0 bridgehead atoms. The molecule has 7 nitrogen and oxygen atoms in total. The summed E-state index contributed by atoms with van der Waals surface area (Å²) in [5, 5.41) is 4.79. The van der Waals surface area contributed by atoms with Gasteiger partial charge in [0, 0.05) is 10.0 Å². The van der Waals surface area contributed by atoms with E-state index in [1.165, 1.54) is 4.57 Å². The summed E-state index contributed by atoms with van der Waals surface area (Å²) in [6.07, 6.45) is 0. The lowest BCUT2D eigenvalue weighted by atomic mass is 10.3. The summed E-state index contributed by atoms with van der Waals surface area (Å²) >= 11 is 11.8. The number of hydrogen-bond donors (Lipinski definition) is 2. The van der Waals surface area contributed by atoms with Crippen LogP contribution in [0.1, 0.15) is 5.82 Å². The summed E-state index contributed by atoms with van der Waals surface area (Å²) in [4.78, 5) is 23.4. The molecule has 0 saturated heterocycles. The summed E-state index contributed by atoms with van der Waals surface area (Å²) in [6.45, 7) is 1.37. The monoisotopic (exact) mass is 315 g/mol. The quantitative estimate of drug-likeness (QED) is 0.493. The minimum atomic E-state index is -0.527. The van der Waals surface area contributed by atoms with Gasteiger partial charge in [0.2, 0.25) is 0 Å². The van der Waals surface area contributed by atoms with Crippen molar-refractivity contribution in [3.63, 3.8) is 0 Å². The van der Waals surface area contributed by atoms with Gasteiger partial charge in [-0.15, -0.1) is 0 Å². The number of nitrogens with zero attached hydrogens (tertiary/aromatic N) is 3. The van der Waals surface area contributed by atoms with Crippen LogP contribution in [0.15, 0.2) is 23.0 Å². The fourth-order valence-corrected chi connectivity index (χ4v) is 2.28. The number of halogens is 2. The van der Waals surface area contributed by atoms with Gasteiger partial charge in [0.25, 0.3) is 5.91 Å². The van der Waals surface area contributed by atoms with Crippen LogP contribution in [-0.4, -0.2) is 20.3 Å². The van der Waals surface area contributed by atoms with E-state index >= 15 is 0 Å². The molecular weight excluding hydrogens is 305 g/mol. The first kappa shape index (κ1) is 14.6. The van der Waals surface area contributed by atoms with Crippen molar-refractivity contribution < 1.29 is 4.79 Å². The van der Waals surface area contributed by atoms with E-state index in [4.69, 9.17) is 29.0 Å². The second kappa shape index (κ2) is 5.66. The molecule has 1 heterocycles. The maximum Gasteiger partial charge on any atom is 0.351 e. The zero-order valence-electron chi connectivity index (χ0n) is 10.4. The summed E-state index contributed by atoms with van der Waals surface area (Å²) < 4.78 is 2.31. The molecule has 106 valence electrons. The third-order valence-electron chi connectivity index (χ3n) is 2.56. The Morgan fingerprint density at radius 2 is 1.95 bits per heavy atom. The Balaban J connectivity index is 2.52. The van der Waals surface area contributed by atoms with Crippen molar-refractivity contribution in [3.8, 4) is 5.69 Å². The maximum absolute atomic E-state index is 12.2. The highest BCUT2D eigenvalue weighted by Crippen LogP contribution is 2.21. The van der Waals surface area contributed by atoms with Crippen molar-refractivity contribution in [2.75, 3.05) is 0 Å². The van der Waals surface area contributed by atoms with E-state index in [-0.39, 0.29) is 6.54 Å². The van der Waals surface area contributed by atoms with Gasteiger partial charge >= 0.3 is 5.69 Å². The lowest BCUT2D eigenvalue weighted by Gasteiger charge is -2.04. The van der Waals surface area contributed by atoms with Crippen LogP contribution < -0.4 is 17.0 Å². The molecule has 2 rings (SSSR count). The number of nitrogens with one attached hydrogen (secondary N) is 1. The Morgan fingerprint density at radius 3 is 2.50 bits per heavy atom. The topological polar surface area (TPSA) is 94.9 Å². The van der Waals surface area contributed by atoms with Crippen LogP contribution in [-0.2, 0) is 11.3 Å². The molecular formula is C11H11Cl2N5O2. The summed E-state index contributed by atoms with van der Waals surface area (Å²) in [5.74, 6) is 4.86. The molecule has 0 saturated carbocycles. The van der Waals surface area contributed by atoms with Crippen LogP contribution in [0, 0.1) is 6.92 Å². The van der Waals surface area contributed by atoms with E-state index in [1.54, 1.807) is 25.1 Å². The van der Waals surface area contributed by atoms with Gasteiger partial charge in [-0.2, -0.15) is 5.10 Å². The highest BCUT2D eigenvalue weighted by atomic mass is 35.5. The molecule has 0 aliphatic heterocycles. The summed E-state index contributed by atoms with van der Waals surface area (Å²) in [7, 11) is 0. The number of benzene rings is 1. The molecule has 0 aliphatic carbocycles. The van der Waals surface area contributed by atoms with E-state index in [0.29, 0.717) is 21.6 Å². The van der Waals surface area contributed by atoms with E-state index in [9.17, 15) is 9.59 Å². The van der Waals surface area contributed by atoms with Gasteiger partial charge in [0.1, 0.15) is 12.4 Å². The molecule has 3 N–H and O–H groups in total. The largest absolute Gasteiger partial charge is 0.351 e. The molecule has 1 amide bonds. The first-order valence-corrected chi connectivity index (χ1v) is 6.30. The highest BCUT2D eigenvalue weighted by Gasteiger charge is 2.14. The van der Waals surface area contributed by atoms with Crippen LogP contribution in [0.2, 0.25) is 10.0 Å². The first-order valence-electron chi connectivity index (χ1n) is 5.54. The molecule has 0 atom stereocenters. The fourth-order valence-electron chi connectivity index (χ4n) is 1.77. The molecule has 0 spiro atoms. The normalized spacial score (nSPS) is 10.6. The van der Waals surface area contributed by atoms with Gasteiger partial charge in [-0.1, -0.05) is 23.2 Å². The standard InChI is InChI=1S/C11H11Cl2N5O2/c1-6-16-17(5-10(19)15-14)11(20)18(6)9-3-7(12)2-8(13)4-9/h2-4H,5,14H2,1H3,(H,15,19). The second-order valence-corrected chi connectivity index (χ2v) is 4.89. The minimum absolute atomic E-state index is 0.266. The molecule has 0 fully saturated rings. The number of aryl methyl sites for hydroxylation is 1. The average Bonchev–Trinajstić information content (AvgIpc) is 2.63. The van der Waals surface area contributed by atoms with Gasteiger partial charge in [-0.3, -0.25) is 10.2 Å². The number of carbonyl (C=O) groups excluding carboxylic acids is 1. The predicted molar refractivity (Wildman–Crippen MR) is 74.9 cm³/mol. The Labute approximate surface area is 123 Å². The van der Waals surface area contributed by atoms with Gasteiger partial charge in [-0.05, 0) is 25.1 Å². The van der Waals surface area contributed by atoms with Crippen molar-refractivity contribution in [1.82, 2.24) is 19.8 Å². The zero-order chi connectivity index (χ0) is 14.9. The molecule has 1 aromatic carbocycles. The molecule has 0 aliphatic rings. The molecule has 0 radical (unpaired) electrons. The zero-order valence-corrected chi connectivity index (χ0v) is 11.9. The first-order chi connectivity index (χ1) is 9.42. The van der Waals surface area contributed by atoms with E-state index < -0.39 is 11.6 Å². The molecule has 2 aromatic rings. The summed E-state index contributed by atoms with van der Waals surface area (Å²) in [5.41, 5.74) is 1.93. The highest BCUT2D eigenvalue weighted by molar-refractivity contribution is 6.34. The number of amides is 1. The Hall–Kier alpha value is -1.83. The van der Waals surface area contributed by atoms with Gasteiger partial charge in [-0.25, -0.2) is 19.9 Å². The van der Waals surface area contributed by atoms with Crippen LogP contribution >= 0.6 is 23.2 Å². The number of hydrogen-bond acceptors (Lipinski definition) is 4. The number of carbonyl (C=O) groups is 1. The third-order valence-corrected chi connectivity index (χ3v) is 3.00. The van der Waals surface area contributed by atoms with Crippen molar-refractivity contribution >= 4 is 29.1 Å². The number of rotatable bonds is 3. The Morgan fingerprint density at radius 1 is 1.35 bits per heavy atom. The van der Waals surface area contributed by atoms with Crippen molar-refractivity contribution in [3.05, 3.63) is 44.6 Å².